The average molecular weight is 503 g/mol. The number of halogens is 2. The van der Waals surface area contributed by atoms with Crippen LogP contribution in [0.4, 0.5) is 4.39 Å². The Bertz CT molecular complexity index is 1030. The van der Waals surface area contributed by atoms with Crippen LogP contribution in [0.5, 0.6) is 11.5 Å². The van der Waals surface area contributed by atoms with Gasteiger partial charge >= 0.3 is 0 Å². The zero-order chi connectivity index (χ0) is 24.7. The van der Waals surface area contributed by atoms with Crippen LogP contribution < -0.4 is 9.47 Å². The zero-order valence-electron chi connectivity index (χ0n) is 19.9. The second-order valence-electron chi connectivity index (χ2n) is 9.53. The first-order valence-electron chi connectivity index (χ1n) is 12.2. The second-order valence-corrected chi connectivity index (χ2v) is 9.97. The highest BCUT2D eigenvalue weighted by Gasteiger charge is 2.41. The minimum atomic E-state index is -0.510. The van der Waals surface area contributed by atoms with E-state index in [4.69, 9.17) is 21.1 Å². The van der Waals surface area contributed by atoms with E-state index >= 15 is 0 Å². The molecule has 0 spiro atoms. The van der Waals surface area contributed by atoms with Gasteiger partial charge in [0.2, 0.25) is 5.91 Å². The van der Waals surface area contributed by atoms with Crippen molar-refractivity contribution in [3.63, 3.8) is 0 Å². The fourth-order valence-corrected chi connectivity index (χ4v) is 5.08. The maximum atomic E-state index is 13.4. The molecule has 0 N–H and O–H groups in total. The van der Waals surface area contributed by atoms with Gasteiger partial charge in [0.25, 0.3) is 5.91 Å². The molecule has 2 saturated heterocycles. The van der Waals surface area contributed by atoms with Crippen LogP contribution in [0.25, 0.3) is 0 Å². The third-order valence-electron chi connectivity index (χ3n) is 6.75. The van der Waals surface area contributed by atoms with E-state index in [1.54, 1.807) is 29.2 Å². The summed E-state index contributed by atoms with van der Waals surface area (Å²) in [6.45, 7) is 2.68. The summed E-state index contributed by atoms with van der Waals surface area (Å²) >= 11 is 6.12. The Hall–Kier alpha value is -2.80. The largest absolute Gasteiger partial charge is 0.493 e. The zero-order valence-corrected chi connectivity index (χ0v) is 20.6. The van der Waals surface area contributed by atoms with Gasteiger partial charge in [-0.1, -0.05) is 23.7 Å². The van der Waals surface area contributed by atoms with Crippen LogP contribution in [0.15, 0.2) is 48.5 Å². The molecule has 0 aromatic heterocycles. The van der Waals surface area contributed by atoms with Crippen molar-refractivity contribution in [2.75, 3.05) is 39.4 Å². The number of benzene rings is 2. The molecule has 1 unspecified atom stereocenters. The van der Waals surface area contributed by atoms with Crippen molar-refractivity contribution >= 4 is 23.4 Å². The van der Waals surface area contributed by atoms with Crippen LogP contribution in [0.2, 0.25) is 5.02 Å². The Kier molecular flexibility index (Phi) is 8.50. The van der Waals surface area contributed by atoms with Gasteiger partial charge in [-0.15, -0.1) is 0 Å². The lowest BCUT2D eigenvalue weighted by atomic mass is 9.77. The van der Waals surface area contributed by atoms with E-state index in [2.05, 4.69) is 0 Å². The van der Waals surface area contributed by atoms with E-state index in [1.165, 1.54) is 12.1 Å². The third kappa shape index (κ3) is 7.10. The van der Waals surface area contributed by atoms with Gasteiger partial charge in [0.05, 0.1) is 6.61 Å². The van der Waals surface area contributed by atoms with Crippen LogP contribution in [0.3, 0.4) is 0 Å². The van der Waals surface area contributed by atoms with Crippen molar-refractivity contribution in [3.8, 4) is 11.5 Å². The van der Waals surface area contributed by atoms with Crippen molar-refractivity contribution in [3.05, 3.63) is 59.4 Å². The Morgan fingerprint density at radius 2 is 1.60 bits per heavy atom. The lowest BCUT2D eigenvalue weighted by Gasteiger charge is -2.43. The molecule has 2 fully saturated rings. The summed E-state index contributed by atoms with van der Waals surface area (Å²) < 4.78 is 25.1. The topological polar surface area (TPSA) is 59.1 Å². The van der Waals surface area contributed by atoms with E-state index < -0.39 is 11.2 Å². The molecule has 4 rings (SSSR count). The van der Waals surface area contributed by atoms with E-state index in [-0.39, 0.29) is 18.4 Å². The lowest BCUT2D eigenvalue weighted by Crippen LogP contribution is -2.52. The summed E-state index contributed by atoms with van der Waals surface area (Å²) in [6, 6.07) is 12.9. The molecule has 0 radical (unpaired) electrons. The van der Waals surface area contributed by atoms with Gasteiger partial charge in [0.1, 0.15) is 17.3 Å². The molecule has 0 saturated carbocycles. The van der Waals surface area contributed by atoms with Crippen molar-refractivity contribution in [2.24, 2.45) is 5.41 Å². The summed E-state index contributed by atoms with van der Waals surface area (Å²) in [7, 11) is 0. The smallest absolute Gasteiger partial charge is 0.260 e. The Morgan fingerprint density at radius 1 is 0.886 bits per heavy atom. The summed E-state index contributed by atoms with van der Waals surface area (Å²) in [5.74, 6) is 0.462. The molecule has 2 heterocycles. The Balaban J connectivity index is 1.45. The number of rotatable bonds is 8. The van der Waals surface area contributed by atoms with Gasteiger partial charge in [-0.05, 0) is 62.4 Å². The van der Waals surface area contributed by atoms with Gasteiger partial charge < -0.3 is 19.3 Å². The number of hydrogen-bond donors (Lipinski definition) is 0. The van der Waals surface area contributed by atoms with Crippen LogP contribution >= 0.6 is 11.6 Å². The Morgan fingerprint density at radius 3 is 2.34 bits per heavy atom. The number of piperidine rings is 2. The summed E-state index contributed by atoms with van der Waals surface area (Å²) in [5, 5.41) is 0.580. The van der Waals surface area contributed by atoms with Crippen molar-refractivity contribution in [2.45, 2.75) is 38.5 Å². The van der Waals surface area contributed by atoms with E-state index in [1.807, 2.05) is 17.0 Å². The van der Waals surface area contributed by atoms with Gasteiger partial charge in [-0.3, -0.25) is 9.59 Å². The van der Waals surface area contributed by atoms with Crippen LogP contribution in [0.1, 0.15) is 38.5 Å². The van der Waals surface area contributed by atoms with Crippen molar-refractivity contribution < 1.29 is 23.5 Å². The summed E-state index contributed by atoms with van der Waals surface area (Å²) in [6.07, 6.45) is 5.07. The molecule has 6 nitrogen and oxygen atoms in total. The fourth-order valence-electron chi connectivity index (χ4n) is 4.90. The molecular weight excluding hydrogens is 471 g/mol. The first kappa shape index (κ1) is 25.3. The first-order chi connectivity index (χ1) is 16.9. The molecular formula is C27H32ClFN2O4. The van der Waals surface area contributed by atoms with Crippen LogP contribution in [-0.4, -0.2) is 61.0 Å². The summed E-state index contributed by atoms with van der Waals surface area (Å²) in [4.78, 5) is 29.9. The minimum Gasteiger partial charge on any atom is -0.493 e. The Labute approximate surface area is 210 Å². The highest BCUT2D eigenvalue weighted by molar-refractivity contribution is 6.30. The van der Waals surface area contributed by atoms with E-state index in [0.29, 0.717) is 42.6 Å². The standard InChI is InChI=1S/C27H32ClFN2O4/c28-21-7-4-9-23(15-21)35-20-27(17-25(32)30-12-2-1-3-13-30)11-6-14-31(19-27)26(33)18-34-24-10-5-8-22(29)16-24/h4-5,7-10,15-16H,1-3,6,11-14,17-20H2. The SMILES string of the molecule is O=C(CC1(COc2cccc(Cl)c2)CCCN(C(=O)COc2cccc(F)c2)C1)N1CCCCC1. The predicted molar refractivity (Wildman–Crippen MR) is 132 cm³/mol. The molecule has 188 valence electrons. The maximum absolute atomic E-state index is 13.4. The highest BCUT2D eigenvalue weighted by Crippen LogP contribution is 2.36. The number of nitrogens with zero attached hydrogens (tertiary/aromatic N) is 2. The molecule has 35 heavy (non-hydrogen) atoms. The van der Waals surface area contributed by atoms with E-state index in [9.17, 15) is 14.0 Å². The quantitative estimate of drug-likeness (QED) is 0.512. The second kappa shape index (κ2) is 11.8. The molecule has 2 aliphatic rings. The molecule has 2 aromatic rings. The third-order valence-corrected chi connectivity index (χ3v) is 6.98. The molecule has 8 heteroatoms. The number of carbonyl (C=O) groups is 2. The van der Waals surface area contributed by atoms with Crippen molar-refractivity contribution in [1.29, 1.82) is 0 Å². The highest BCUT2D eigenvalue weighted by atomic mass is 35.5. The molecule has 2 amide bonds. The van der Waals surface area contributed by atoms with Gasteiger partial charge in [0.15, 0.2) is 6.61 Å². The minimum absolute atomic E-state index is 0.115. The fraction of sp³-hybridized carbons (Fsp3) is 0.481. The molecule has 2 aromatic carbocycles. The van der Waals surface area contributed by atoms with Gasteiger partial charge in [0, 0.05) is 49.1 Å². The van der Waals surface area contributed by atoms with Crippen molar-refractivity contribution in [1.82, 2.24) is 9.80 Å². The van der Waals surface area contributed by atoms with Crippen LogP contribution in [0, 0.1) is 11.2 Å². The molecule has 0 bridgehead atoms. The number of amides is 2. The van der Waals surface area contributed by atoms with Gasteiger partial charge in [-0.2, -0.15) is 0 Å². The number of carbonyl (C=O) groups excluding carboxylic acids is 2. The monoisotopic (exact) mass is 502 g/mol. The molecule has 0 aliphatic carbocycles. The van der Waals surface area contributed by atoms with Crippen LogP contribution in [-0.2, 0) is 9.59 Å². The van der Waals surface area contributed by atoms with Gasteiger partial charge in [-0.25, -0.2) is 4.39 Å². The summed E-state index contributed by atoms with van der Waals surface area (Å²) in [5.41, 5.74) is -0.510. The first-order valence-corrected chi connectivity index (χ1v) is 12.6. The number of hydrogen-bond acceptors (Lipinski definition) is 4. The maximum Gasteiger partial charge on any atom is 0.260 e. The predicted octanol–water partition coefficient (Wildman–Crippen LogP) is 4.95. The average Bonchev–Trinajstić information content (AvgIpc) is 2.87. The lowest BCUT2D eigenvalue weighted by molar-refractivity contribution is -0.143. The molecule has 2 aliphatic heterocycles. The van der Waals surface area contributed by atoms with E-state index in [0.717, 1.165) is 45.2 Å². The molecule has 1 atom stereocenters. The number of likely N-dealkylation sites (tertiary alicyclic amines) is 2. The normalized spacial score (nSPS) is 20.4. The number of ether oxygens (including phenoxy) is 2.